The summed E-state index contributed by atoms with van der Waals surface area (Å²) in [5.74, 6) is 0.773. The number of nitrogens with two attached hydrogens (primary N) is 2. The molecule has 0 spiro atoms. The van der Waals surface area contributed by atoms with Gasteiger partial charge in [0.05, 0.1) is 11.4 Å². The molecule has 0 atom stereocenters. The quantitative estimate of drug-likeness (QED) is 0.371. The minimum atomic E-state index is 0.194. The minimum absolute atomic E-state index is 0.194. The molecule has 0 amide bonds. The van der Waals surface area contributed by atoms with Gasteiger partial charge in [-0.3, -0.25) is 5.41 Å². The number of aromatic nitrogens is 3. The molecule has 0 unspecified atom stereocenters. The number of hydrogen-bond donors (Lipinski definition) is 5. The summed E-state index contributed by atoms with van der Waals surface area (Å²) >= 11 is 0. The number of H-pyrrole nitrogens is 1. The van der Waals surface area contributed by atoms with E-state index in [2.05, 4.69) is 20.3 Å². The van der Waals surface area contributed by atoms with Crippen molar-refractivity contribution in [3.63, 3.8) is 0 Å². The SMILES string of the molecule is N=C(c1ccc[nH]1)c1cc(Nc2ccnc(N)n2)ccc1N. The van der Waals surface area contributed by atoms with Crippen LogP contribution in [0, 0.1) is 5.41 Å². The fourth-order valence-corrected chi connectivity index (χ4v) is 2.07. The predicted octanol–water partition coefficient (Wildman–Crippen LogP) is 2.13. The lowest BCUT2D eigenvalue weighted by Gasteiger charge is -2.11. The summed E-state index contributed by atoms with van der Waals surface area (Å²) in [4.78, 5) is 10.9. The average Bonchev–Trinajstić information content (AvgIpc) is 3.03. The largest absolute Gasteiger partial charge is 0.398 e. The highest BCUT2D eigenvalue weighted by Crippen LogP contribution is 2.23. The Morgan fingerprint density at radius 3 is 2.77 bits per heavy atom. The Kier molecular flexibility index (Phi) is 3.45. The second kappa shape index (κ2) is 5.57. The van der Waals surface area contributed by atoms with Crippen LogP contribution >= 0.6 is 0 Å². The number of nitrogens with one attached hydrogen (secondary N) is 3. The van der Waals surface area contributed by atoms with Gasteiger partial charge in [-0.1, -0.05) is 0 Å². The highest BCUT2D eigenvalue weighted by atomic mass is 15.1. The first-order valence-electron chi connectivity index (χ1n) is 6.61. The lowest BCUT2D eigenvalue weighted by molar-refractivity contribution is 1.18. The van der Waals surface area contributed by atoms with Gasteiger partial charge in [-0.15, -0.1) is 0 Å². The maximum atomic E-state index is 8.25. The molecular formula is C15H15N7. The standard InChI is InChI=1S/C15H15N7/c16-11-4-3-9(21-13-5-7-20-15(18)22-13)8-10(11)14(17)12-2-1-6-19-12/h1-8,17,19H,16H2,(H3,18,20,21,22). The van der Waals surface area contributed by atoms with Gasteiger partial charge in [-0.2, -0.15) is 4.98 Å². The maximum absolute atomic E-state index is 8.25. The van der Waals surface area contributed by atoms with Crippen molar-refractivity contribution in [3.8, 4) is 0 Å². The van der Waals surface area contributed by atoms with Crippen LogP contribution in [-0.2, 0) is 0 Å². The Labute approximate surface area is 126 Å². The van der Waals surface area contributed by atoms with Crippen LogP contribution in [0.4, 0.5) is 23.1 Å². The average molecular weight is 293 g/mol. The Hall–Kier alpha value is -3.35. The van der Waals surface area contributed by atoms with Gasteiger partial charge in [-0.05, 0) is 36.4 Å². The summed E-state index contributed by atoms with van der Waals surface area (Å²) in [5, 5.41) is 11.4. The van der Waals surface area contributed by atoms with Gasteiger partial charge in [0.25, 0.3) is 0 Å². The fraction of sp³-hybridized carbons (Fsp3) is 0. The van der Waals surface area contributed by atoms with E-state index < -0.39 is 0 Å². The van der Waals surface area contributed by atoms with Gasteiger partial charge in [0, 0.05) is 29.3 Å². The number of hydrogen-bond acceptors (Lipinski definition) is 6. The molecule has 110 valence electrons. The molecule has 0 saturated carbocycles. The maximum Gasteiger partial charge on any atom is 0.221 e. The van der Waals surface area contributed by atoms with Gasteiger partial charge in [0.15, 0.2) is 0 Å². The lowest BCUT2D eigenvalue weighted by atomic mass is 10.0. The summed E-state index contributed by atoms with van der Waals surface area (Å²) in [7, 11) is 0. The molecule has 3 rings (SSSR count). The topological polar surface area (TPSA) is 129 Å². The van der Waals surface area contributed by atoms with E-state index in [-0.39, 0.29) is 5.95 Å². The molecule has 3 aromatic rings. The zero-order chi connectivity index (χ0) is 15.5. The van der Waals surface area contributed by atoms with Gasteiger partial charge < -0.3 is 21.8 Å². The van der Waals surface area contributed by atoms with E-state index in [9.17, 15) is 0 Å². The monoisotopic (exact) mass is 293 g/mol. The molecule has 0 aliphatic heterocycles. The Morgan fingerprint density at radius 1 is 1.18 bits per heavy atom. The lowest BCUT2D eigenvalue weighted by Crippen LogP contribution is -2.07. The molecule has 0 bridgehead atoms. The van der Waals surface area contributed by atoms with Crippen LogP contribution in [0.25, 0.3) is 0 Å². The van der Waals surface area contributed by atoms with Crippen molar-refractivity contribution < 1.29 is 0 Å². The summed E-state index contributed by atoms with van der Waals surface area (Å²) in [6.07, 6.45) is 3.34. The highest BCUT2D eigenvalue weighted by Gasteiger charge is 2.10. The molecule has 22 heavy (non-hydrogen) atoms. The van der Waals surface area contributed by atoms with Crippen molar-refractivity contribution in [3.05, 3.63) is 60.0 Å². The van der Waals surface area contributed by atoms with Crippen LogP contribution in [-0.4, -0.2) is 20.7 Å². The summed E-state index contributed by atoms with van der Waals surface area (Å²) < 4.78 is 0. The minimum Gasteiger partial charge on any atom is -0.398 e. The number of nitrogen functional groups attached to an aromatic ring is 2. The molecule has 0 saturated heterocycles. The molecule has 2 heterocycles. The third-order valence-electron chi connectivity index (χ3n) is 3.14. The summed E-state index contributed by atoms with van der Waals surface area (Å²) in [6.45, 7) is 0. The van der Waals surface area contributed by atoms with Crippen molar-refractivity contribution in [1.82, 2.24) is 15.0 Å². The van der Waals surface area contributed by atoms with Gasteiger partial charge in [-0.25, -0.2) is 4.98 Å². The first-order chi connectivity index (χ1) is 10.6. The van der Waals surface area contributed by atoms with E-state index in [4.69, 9.17) is 16.9 Å². The Morgan fingerprint density at radius 2 is 2.05 bits per heavy atom. The molecule has 1 aromatic carbocycles. The zero-order valence-electron chi connectivity index (χ0n) is 11.7. The Bertz CT molecular complexity index is 809. The first-order valence-corrected chi connectivity index (χ1v) is 6.61. The van der Waals surface area contributed by atoms with Crippen LogP contribution in [0.1, 0.15) is 11.3 Å². The summed E-state index contributed by atoms with van der Waals surface area (Å²) in [5.41, 5.74) is 14.5. The highest BCUT2D eigenvalue weighted by molar-refractivity contribution is 6.13. The normalized spacial score (nSPS) is 10.4. The molecule has 7 N–H and O–H groups in total. The van der Waals surface area contributed by atoms with Crippen LogP contribution in [0.5, 0.6) is 0 Å². The van der Waals surface area contributed by atoms with Crippen molar-refractivity contribution in [2.75, 3.05) is 16.8 Å². The van der Waals surface area contributed by atoms with Gasteiger partial charge in [0.1, 0.15) is 5.82 Å². The van der Waals surface area contributed by atoms with Crippen LogP contribution in [0.2, 0.25) is 0 Å². The molecule has 7 nitrogen and oxygen atoms in total. The van der Waals surface area contributed by atoms with Crippen molar-refractivity contribution in [2.24, 2.45) is 0 Å². The number of anilines is 4. The van der Waals surface area contributed by atoms with Crippen LogP contribution in [0.3, 0.4) is 0 Å². The molecule has 0 radical (unpaired) electrons. The molecule has 0 fully saturated rings. The summed E-state index contributed by atoms with van der Waals surface area (Å²) in [6, 6.07) is 10.7. The van der Waals surface area contributed by atoms with Gasteiger partial charge >= 0.3 is 0 Å². The fourth-order valence-electron chi connectivity index (χ4n) is 2.07. The molecule has 0 aliphatic rings. The number of aromatic amines is 1. The third-order valence-corrected chi connectivity index (χ3v) is 3.14. The van der Waals surface area contributed by atoms with E-state index in [1.165, 1.54) is 0 Å². The van der Waals surface area contributed by atoms with E-state index >= 15 is 0 Å². The molecule has 2 aromatic heterocycles. The van der Waals surface area contributed by atoms with Crippen LogP contribution < -0.4 is 16.8 Å². The Balaban J connectivity index is 1.91. The van der Waals surface area contributed by atoms with Crippen molar-refractivity contribution in [2.45, 2.75) is 0 Å². The molecule has 7 heteroatoms. The van der Waals surface area contributed by atoms with Crippen molar-refractivity contribution >= 4 is 28.9 Å². The predicted molar refractivity (Wildman–Crippen MR) is 87.3 cm³/mol. The first kappa shape index (κ1) is 13.6. The smallest absolute Gasteiger partial charge is 0.221 e. The van der Waals surface area contributed by atoms with E-state index in [0.29, 0.717) is 28.5 Å². The third kappa shape index (κ3) is 2.73. The van der Waals surface area contributed by atoms with Crippen LogP contribution in [0.15, 0.2) is 48.8 Å². The number of nitrogens with zero attached hydrogens (tertiary/aromatic N) is 2. The number of rotatable bonds is 4. The molecular weight excluding hydrogens is 278 g/mol. The van der Waals surface area contributed by atoms with Crippen molar-refractivity contribution in [1.29, 1.82) is 5.41 Å². The van der Waals surface area contributed by atoms with E-state index in [0.717, 1.165) is 5.69 Å². The zero-order valence-corrected chi connectivity index (χ0v) is 11.7. The van der Waals surface area contributed by atoms with E-state index in [1.807, 2.05) is 18.2 Å². The second-order valence-electron chi connectivity index (χ2n) is 4.69. The van der Waals surface area contributed by atoms with E-state index in [1.54, 1.807) is 30.6 Å². The molecule has 0 aliphatic carbocycles. The van der Waals surface area contributed by atoms with Gasteiger partial charge in [0.2, 0.25) is 5.95 Å². The second-order valence-corrected chi connectivity index (χ2v) is 4.69. The number of benzene rings is 1.